The molecule has 1 fully saturated rings. The van der Waals surface area contributed by atoms with Crippen LogP contribution in [0.3, 0.4) is 0 Å². The maximum Gasteiger partial charge on any atom is 0.303 e. The van der Waals surface area contributed by atoms with Crippen LogP contribution in [0, 0.1) is 0 Å². The van der Waals surface area contributed by atoms with E-state index in [0.29, 0.717) is 0 Å². The van der Waals surface area contributed by atoms with Crippen molar-refractivity contribution in [3.8, 4) is 0 Å². The zero-order chi connectivity index (χ0) is 20.7. The summed E-state index contributed by atoms with van der Waals surface area (Å²) in [6.07, 6.45) is -3.59. The average molecular weight is 406 g/mol. The Morgan fingerprint density at radius 2 is 1.07 bits per heavy atom. The van der Waals surface area contributed by atoms with Crippen molar-refractivity contribution in [2.45, 2.75) is 63.6 Å². The summed E-state index contributed by atoms with van der Waals surface area (Å²) in [4.78, 5) is 57.2. The topological polar surface area (TPSA) is 132 Å². The van der Waals surface area contributed by atoms with Gasteiger partial charge in [-0.3, -0.25) is 24.0 Å². The summed E-state index contributed by atoms with van der Waals surface area (Å²) in [6.45, 7) is 5.55. The number of hydrogen-bond acceptors (Lipinski definition) is 11. The predicted octanol–water partition coefficient (Wildman–Crippen LogP) is 0.349. The van der Waals surface area contributed by atoms with Gasteiger partial charge in [0.1, 0.15) is 6.61 Å². The summed E-state index contributed by atoms with van der Waals surface area (Å²) < 4.78 is 25.8. The number of esters is 5. The molecule has 0 bridgehead atoms. The molecule has 5 atom stereocenters. The number of ether oxygens (including phenoxy) is 5. The largest absolute Gasteiger partial charge is 0.465 e. The first-order chi connectivity index (χ1) is 12.5. The molecular formula is C16H22O10S. The van der Waals surface area contributed by atoms with Crippen LogP contribution in [-0.4, -0.2) is 65.5 Å². The highest BCUT2D eigenvalue weighted by molar-refractivity contribution is 8.00. The Balaban J connectivity index is 3.29. The van der Waals surface area contributed by atoms with Crippen molar-refractivity contribution >= 4 is 41.6 Å². The summed E-state index contributed by atoms with van der Waals surface area (Å²) in [7, 11) is 0. The van der Waals surface area contributed by atoms with Crippen LogP contribution in [-0.2, 0) is 47.7 Å². The van der Waals surface area contributed by atoms with E-state index in [1.165, 1.54) is 6.92 Å². The zero-order valence-electron chi connectivity index (χ0n) is 15.6. The van der Waals surface area contributed by atoms with Crippen molar-refractivity contribution in [3.63, 3.8) is 0 Å². The normalized spacial score (nSPS) is 27.1. The van der Waals surface area contributed by atoms with Crippen LogP contribution in [0.4, 0.5) is 0 Å². The molecule has 0 aromatic carbocycles. The Hall–Kier alpha value is -2.30. The molecule has 0 spiro atoms. The van der Waals surface area contributed by atoms with Crippen molar-refractivity contribution in [2.75, 3.05) is 6.61 Å². The Kier molecular flexibility index (Phi) is 8.54. The van der Waals surface area contributed by atoms with Gasteiger partial charge in [0.15, 0.2) is 23.7 Å². The van der Waals surface area contributed by atoms with Crippen LogP contribution in [0.1, 0.15) is 34.6 Å². The molecule has 1 rings (SSSR count). The Morgan fingerprint density at radius 1 is 0.630 bits per heavy atom. The van der Waals surface area contributed by atoms with E-state index in [-0.39, 0.29) is 6.61 Å². The molecule has 0 aromatic rings. The molecule has 0 amide bonds. The van der Waals surface area contributed by atoms with E-state index in [1.807, 2.05) is 0 Å². The third-order valence-corrected chi connectivity index (χ3v) is 4.62. The standard InChI is InChI=1S/C16H22O10S/c1-7(17)22-6-12-13(23-8(2)18)14(24-9(3)19)15(25-10(4)20)16(27-12)26-11(5)21/h12-16H,6H2,1-5H3/t12-,13-,14+,15-,16+/m1/s1. The van der Waals surface area contributed by atoms with Gasteiger partial charge in [-0.15, -0.1) is 11.8 Å². The van der Waals surface area contributed by atoms with E-state index in [2.05, 4.69) is 0 Å². The lowest BCUT2D eigenvalue weighted by molar-refractivity contribution is -0.195. The number of rotatable bonds is 6. The first-order valence-corrected chi connectivity index (χ1v) is 8.93. The van der Waals surface area contributed by atoms with Gasteiger partial charge < -0.3 is 23.7 Å². The fourth-order valence-electron chi connectivity index (χ4n) is 2.45. The van der Waals surface area contributed by atoms with Gasteiger partial charge in [-0.05, 0) is 0 Å². The van der Waals surface area contributed by atoms with Crippen LogP contribution < -0.4 is 0 Å². The SMILES string of the molecule is CC(=O)OC[C@H]1S[C@H](OC(C)=O)[C@H](OC(C)=O)[C@@H](OC(C)=O)[C@@H]1OC(C)=O. The van der Waals surface area contributed by atoms with Gasteiger partial charge in [0.2, 0.25) is 0 Å². The molecule has 11 heteroatoms. The van der Waals surface area contributed by atoms with E-state index in [4.69, 9.17) is 23.7 Å². The van der Waals surface area contributed by atoms with Gasteiger partial charge >= 0.3 is 29.8 Å². The maximum atomic E-state index is 11.6. The van der Waals surface area contributed by atoms with Crippen LogP contribution in [0.15, 0.2) is 0 Å². The Bertz CT molecular complexity index is 604. The highest BCUT2D eigenvalue weighted by Gasteiger charge is 2.53. The zero-order valence-corrected chi connectivity index (χ0v) is 16.4. The fourth-order valence-corrected chi connectivity index (χ4v) is 3.86. The van der Waals surface area contributed by atoms with Crippen molar-refractivity contribution in [3.05, 3.63) is 0 Å². The molecule has 1 aliphatic heterocycles. The maximum absolute atomic E-state index is 11.6. The van der Waals surface area contributed by atoms with Crippen LogP contribution in [0.25, 0.3) is 0 Å². The van der Waals surface area contributed by atoms with E-state index in [0.717, 1.165) is 39.5 Å². The summed E-state index contributed by atoms with van der Waals surface area (Å²) in [6, 6.07) is 0. The molecule has 0 saturated carbocycles. The van der Waals surface area contributed by atoms with E-state index in [9.17, 15) is 24.0 Å². The fraction of sp³-hybridized carbons (Fsp3) is 0.688. The Morgan fingerprint density at radius 3 is 1.52 bits per heavy atom. The quantitative estimate of drug-likeness (QED) is 0.447. The second-order valence-corrected chi connectivity index (χ2v) is 7.02. The molecule has 0 N–H and O–H groups in total. The monoisotopic (exact) mass is 406 g/mol. The molecule has 0 unspecified atom stereocenters. The van der Waals surface area contributed by atoms with Crippen molar-refractivity contribution < 1.29 is 47.7 Å². The highest BCUT2D eigenvalue weighted by Crippen LogP contribution is 2.38. The molecule has 0 aliphatic carbocycles. The van der Waals surface area contributed by atoms with Crippen molar-refractivity contribution in [1.82, 2.24) is 0 Å². The lowest BCUT2D eigenvalue weighted by Crippen LogP contribution is -2.59. The van der Waals surface area contributed by atoms with E-state index >= 15 is 0 Å². The highest BCUT2D eigenvalue weighted by atomic mass is 32.2. The minimum Gasteiger partial charge on any atom is -0.465 e. The van der Waals surface area contributed by atoms with Crippen LogP contribution in [0.5, 0.6) is 0 Å². The van der Waals surface area contributed by atoms with Gasteiger partial charge in [-0.25, -0.2) is 0 Å². The van der Waals surface area contributed by atoms with Gasteiger partial charge in [0.05, 0.1) is 5.25 Å². The lowest BCUT2D eigenvalue weighted by Gasteiger charge is -2.43. The molecule has 0 aromatic heterocycles. The molecule has 27 heavy (non-hydrogen) atoms. The molecule has 152 valence electrons. The van der Waals surface area contributed by atoms with Gasteiger partial charge in [0, 0.05) is 34.6 Å². The summed E-state index contributed by atoms with van der Waals surface area (Å²) in [5.74, 6) is -3.36. The third-order valence-electron chi connectivity index (χ3n) is 3.23. The lowest BCUT2D eigenvalue weighted by atomic mass is 10.0. The number of thioether (sulfide) groups is 1. The first kappa shape index (κ1) is 22.7. The van der Waals surface area contributed by atoms with Crippen LogP contribution in [0.2, 0.25) is 0 Å². The molecule has 1 saturated heterocycles. The van der Waals surface area contributed by atoms with Crippen molar-refractivity contribution in [2.24, 2.45) is 0 Å². The molecule has 10 nitrogen and oxygen atoms in total. The minimum absolute atomic E-state index is 0.208. The molecule has 1 heterocycles. The van der Waals surface area contributed by atoms with Gasteiger partial charge in [-0.1, -0.05) is 0 Å². The molecule has 0 radical (unpaired) electrons. The van der Waals surface area contributed by atoms with Crippen molar-refractivity contribution in [1.29, 1.82) is 0 Å². The van der Waals surface area contributed by atoms with Crippen LogP contribution >= 0.6 is 11.8 Å². The molecule has 1 aliphatic rings. The number of carbonyl (C=O) groups excluding carboxylic acids is 5. The summed E-state index contributed by atoms with van der Waals surface area (Å²) >= 11 is 0.967. The second-order valence-electron chi connectivity index (χ2n) is 5.68. The third kappa shape index (κ3) is 7.45. The molecular weight excluding hydrogens is 384 g/mol. The number of hydrogen-bond donors (Lipinski definition) is 0. The average Bonchev–Trinajstić information content (AvgIpc) is 2.49. The predicted molar refractivity (Wildman–Crippen MR) is 90.2 cm³/mol. The number of carbonyl (C=O) groups is 5. The van der Waals surface area contributed by atoms with E-state index < -0.39 is 58.8 Å². The van der Waals surface area contributed by atoms with E-state index in [1.54, 1.807) is 0 Å². The summed E-state index contributed by atoms with van der Waals surface area (Å²) in [5.41, 5.74) is -1.07. The van der Waals surface area contributed by atoms with Gasteiger partial charge in [0.25, 0.3) is 0 Å². The minimum atomic E-state index is -1.26. The van der Waals surface area contributed by atoms with Gasteiger partial charge in [-0.2, -0.15) is 0 Å². The Labute approximate surface area is 160 Å². The smallest absolute Gasteiger partial charge is 0.303 e. The summed E-state index contributed by atoms with van der Waals surface area (Å²) in [5, 5.41) is -0.738. The second kappa shape index (κ2) is 10.1. The first-order valence-electron chi connectivity index (χ1n) is 7.99.